The van der Waals surface area contributed by atoms with Gasteiger partial charge in [0.25, 0.3) is 23.1 Å². The summed E-state index contributed by atoms with van der Waals surface area (Å²) in [5.74, 6) is 3.61. The van der Waals surface area contributed by atoms with Crippen LogP contribution in [0, 0.1) is 34.6 Å². The van der Waals surface area contributed by atoms with Gasteiger partial charge in [0.15, 0.2) is 28.3 Å². The zero-order valence-electron chi connectivity index (χ0n) is 85.7. The number of aryl methyl sites for hydroxylation is 10. The van der Waals surface area contributed by atoms with Gasteiger partial charge in [-0.1, -0.05) is 382 Å². The Kier molecular flexibility index (Phi) is 62.9. The Morgan fingerprint density at radius 3 is 0.905 bits per heavy atom. The molecule has 0 aliphatic heterocycles. The maximum absolute atomic E-state index is 2.34. The minimum absolute atomic E-state index is 1.18. The van der Waals surface area contributed by atoms with Crippen LogP contribution in [0.5, 0.6) is 0 Å². The molecule has 11 aromatic carbocycles. The van der Waals surface area contributed by atoms with E-state index in [-0.39, 0.29) is 0 Å². The molecular formula is C117H168N9+5. The number of para-hydroxylation sites is 8. The van der Waals surface area contributed by atoms with Crippen LogP contribution in [-0.2, 0) is 35.2 Å². The predicted octanol–water partition coefficient (Wildman–Crippen LogP) is 32.4. The fourth-order valence-electron chi connectivity index (χ4n) is 13.7. The summed E-state index contributed by atoms with van der Waals surface area (Å²) in [6.45, 7) is 66.8. The van der Waals surface area contributed by atoms with Gasteiger partial charge in [0.2, 0.25) is 5.69 Å². The molecular weight excluding hydrogens is 1530 g/mol. The SMILES string of the molecule is CC.CC.CC.CC.CC.CC.CC.CC.CC.CC.CC.CC.CC.CC.Cc1cccc2c3ccccc3n3cc[n+](C)c3c12.Cc1ccccc1-c1cccc[n+]1C.Cc1ccccc1-c1n(-c2ccccc2)c2ccccc2[n+]1C.Cc1ccccc1-c1n(-c2ccccc2)c2ccccc2[n+]1C.Cc1ccccc1-c1n(-c2ccccc2)cc[n+]1C. The van der Waals surface area contributed by atoms with Gasteiger partial charge in [-0.15, -0.1) is 0 Å². The molecule has 9 nitrogen and oxygen atoms in total. The van der Waals surface area contributed by atoms with E-state index in [9.17, 15) is 0 Å². The van der Waals surface area contributed by atoms with E-state index in [0.29, 0.717) is 0 Å². The minimum Gasteiger partial charge on any atom is -0.232 e. The number of rotatable bonds is 7. The lowest BCUT2D eigenvalue weighted by Crippen LogP contribution is -2.30. The normalized spacial score (nSPS) is 9.19. The molecule has 0 saturated heterocycles. The summed E-state index contributed by atoms with van der Waals surface area (Å²) < 4.78 is 20.3. The van der Waals surface area contributed by atoms with E-state index in [2.05, 4.69) is 427 Å². The maximum atomic E-state index is 2.34. The largest absolute Gasteiger partial charge is 0.295 e. The number of hydrogen-bond acceptors (Lipinski definition) is 0. The topological polar surface area (TPSA) is 38.6 Å². The molecule has 17 aromatic rings. The van der Waals surface area contributed by atoms with Crippen LogP contribution in [0.4, 0.5) is 0 Å². The number of aromatic nitrogens is 9. The summed E-state index contributed by atoms with van der Waals surface area (Å²) >= 11 is 0. The van der Waals surface area contributed by atoms with E-state index >= 15 is 0 Å². The van der Waals surface area contributed by atoms with E-state index in [1.807, 2.05) is 206 Å². The van der Waals surface area contributed by atoms with Crippen LogP contribution < -0.4 is 22.8 Å². The van der Waals surface area contributed by atoms with Crippen molar-refractivity contribution >= 4 is 49.4 Å². The van der Waals surface area contributed by atoms with Crippen molar-refractivity contribution in [3.05, 3.63) is 356 Å². The third kappa shape index (κ3) is 30.7. The van der Waals surface area contributed by atoms with Crippen molar-refractivity contribution in [3.63, 3.8) is 0 Å². The van der Waals surface area contributed by atoms with E-state index in [4.69, 9.17) is 0 Å². The molecule has 676 valence electrons. The molecule has 0 saturated carbocycles. The highest BCUT2D eigenvalue weighted by Gasteiger charge is 2.29. The van der Waals surface area contributed by atoms with Crippen molar-refractivity contribution in [2.75, 3.05) is 0 Å². The van der Waals surface area contributed by atoms with Gasteiger partial charge in [0.05, 0.1) is 50.3 Å². The number of pyridine rings is 2. The zero-order valence-corrected chi connectivity index (χ0v) is 85.7. The van der Waals surface area contributed by atoms with Gasteiger partial charge in [-0.2, -0.15) is 18.1 Å². The van der Waals surface area contributed by atoms with E-state index in [1.165, 1.54) is 140 Å². The Morgan fingerprint density at radius 1 is 0.214 bits per heavy atom. The van der Waals surface area contributed by atoms with Crippen molar-refractivity contribution in [3.8, 4) is 62.5 Å². The highest BCUT2D eigenvalue weighted by molar-refractivity contribution is 6.12. The summed E-state index contributed by atoms with van der Waals surface area (Å²) in [6, 6.07) is 104. The fourth-order valence-corrected chi connectivity index (χ4v) is 13.7. The van der Waals surface area contributed by atoms with Gasteiger partial charge < -0.3 is 0 Å². The van der Waals surface area contributed by atoms with Crippen LogP contribution in [0.2, 0.25) is 0 Å². The summed E-state index contributed by atoms with van der Waals surface area (Å²) in [4.78, 5) is 0. The quantitative estimate of drug-likeness (QED) is 0.113. The molecule has 0 N–H and O–H groups in total. The Balaban J connectivity index is 0. The van der Waals surface area contributed by atoms with Crippen LogP contribution in [0.15, 0.2) is 328 Å². The molecule has 0 amide bonds. The van der Waals surface area contributed by atoms with E-state index in [0.717, 1.165) is 0 Å². The number of hydrogen-bond donors (Lipinski definition) is 0. The molecule has 6 aromatic heterocycles. The Morgan fingerprint density at radius 2 is 0.516 bits per heavy atom. The molecule has 0 aliphatic carbocycles. The zero-order chi connectivity index (χ0) is 95.8. The molecule has 0 radical (unpaired) electrons. The minimum atomic E-state index is 1.18. The predicted molar refractivity (Wildman–Crippen MR) is 561 cm³/mol. The first-order chi connectivity index (χ1) is 61.9. The molecule has 17 rings (SSSR count). The smallest absolute Gasteiger partial charge is 0.232 e. The monoisotopic (exact) mass is 1700 g/mol. The number of benzene rings is 11. The molecule has 126 heavy (non-hydrogen) atoms. The highest BCUT2D eigenvalue weighted by Crippen LogP contribution is 2.33. The highest BCUT2D eigenvalue weighted by atomic mass is 15.2. The molecule has 0 atom stereocenters. The van der Waals surface area contributed by atoms with Gasteiger partial charge in [0.1, 0.15) is 54.4 Å². The van der Waals surface area contributed by atoms with Gasteiger partial charge in [-0.25, -0.2) is 22.8 Å². The third-order valence-electron chi connectivity index (χ3n) is 18.7. The average molecular weight is 1700 g/mol. The van der Waals surface area contributed by atoms with Gasteiger partial charge in [-0.3, -0.25) is 0 Å². The summed E-state index contributed by atoms with van der Waals surface area (Å²) in [5.41, 5.74) is 23.8. The fraction of sp³-hybridized carbons (Fsp3) is 0.325. The molecule has 6 heterocycles. The molecule has 0 unspecified atom stereocenters. The molecule has 9 heteroatoms. The summed E-state index contributed by atoms with van der Waals surface area (Å²) in [5, 5.41) is 3.98. The first kappa shape index (κ1) is 116. The molecule has 0 spiro atoms. The van der Waals surface area contributed by atoms with Crippen LogP contribution in [0.3, 0.4) is 0 Å². The molecule has 0 bridgehead atoms. The Bertz CT molecular complexity index is 5430. The number of imidazole rings is 4. The van der Waals surface area contributed by atoms with Gasteiger partial charge in [-0.05, 0) is 159 Å². The maximum Gasteiger partial charge on any atom is 0.295 e. The summed E-state index contributed by atoms with van der Waals surface area (Å²) in [6.07, 6.45) is 10.5. The number of fused-ring (bicyclic) bond motifs is 8. The van der Waals surface area contributed by atoms with E-state index in [1.54, 1.807) is 0 Å². The standard InChI is InChI=1S/2C21H19N2.C17H15N2.C17H17N2.C13H14N.14C2H6/c2*1-16-10-6-7-13-18(16)21-22(2)19-14-8-9-15-20(19)23(21)17-11-4-3-5-12-17;1-12-6-5-8-14-13-7-3-4-9-15(13)19-11-10-18(2)17(19)16(12)14;1-14-8-6-7-11-16(14)17-18(2)12-13-19(17)15-9-4-3-5-10-15;1-11-7-3-4-8-12(11)13-9-5-6-10-14(13)2;14*1-2/h2*3-15H,1-2H3;3-11H,1-2H3;3-13H,1-2H3;3-10H,1-2H3;14*1-2H3/q5*+1;;;;;;;;;;;;;;. The van der Waals surface area contributed by atoms with Gasteiger partial charge >= 0.3 is 0 Å². The third-order valence-corrected chi connectivity index (χ3v) is 18.7. The van der Waals surface area contributed by atoms with Crippen molar-refractivity contribution in [2.24, 2.45) is 35.2 Å². The lowest BCUT2D eigenvalue weighted by atomic mass is 10.0. The Labute approximate surface area is 767 Å². The average Bonchev–Trinajstić information content (AvgIpc) is 1.59. The second-order valence-corrected chi connectivity index (χ2v) is 25.1. The van der Waals surface area contributed by atoms with Crippen LogP contribution in [-0.4, -0.2) is 18.1 Å². The first-order valence-corrected chi connectivity index (χ1v) is 47.6. The second-order valence-electron chi connectivity index (χ2n) is 25.1. The van der Waals surface area contributed by atoms with Crippen molar-refractivity contribution in [1.82, 2.24) is 18.1 Å². The molecule has 0 fully saturated rings. The van der Waals surface area contributed by atoms with Crippen LogP contribution >= 0.6 is 0 Å². The van der Waals surface area contributed by atoms with Crippen LogP contribution in [0.1, 0.15) is 222 Å². The second kappa shape index (κ2) is 68.3. The number of nitrogens with zero attached hydrogens (tertiary/aromatic N) is 9. The first-order valence-electron chi connectivity index (χ1n) is 47.6. The van der Waals surface area contributed by atoms with Crippen LogP contribution in [0.25, 0.3) is 112 Å². The van der Waals surface area contributed by atoms with Crippen molar-refractivity contribution < 1.29 is 22.8 Å². The summed E-state index contributed by atoms with van der Waals surface area (Å²) in [7, 11) is 10.5. The van der Waals surface area contributed by atoms with Crippen molar-refractivity contribution in [1.29, 1.82) is 0 Å². The lowest BCUT2D eigenvalue weighted by Gasteiger charge is -2.06. The Hall–Kier alpha value is -12.1. The lowest BCUT2D eigenvalue weighted by molar-refractivity contribution is -0.660. The molecule has 0 aliphatic rings. The van der Waals surface area contributed by atoms with Gasteiger partial charge in [0, 0.05) is 28.5 Å². The van der Waals surface area contributed by atoms with Crippen molar-refractivity contribution in [2.45, 2.75) is 228 Å². The van der Waals surface area contributed by atoms with E-state index < -0.39 is 0 Å².